The van der Waals surface area contributed by atoms with E-state index >= 15 is 0 Å². The van der Waals surface area contributed by atoms with E-state index in [2.05, 4.69) is 41.4 Å². The Hall–Kier alpha value is -1.16. The maximum Gasteiger partial charge on any atom is 0.239 e. The zero-order valence-corrected chi connectivity index (χ0v) is 15.6. The van der Waals surface area contributed by atoms with Gasteiger partial charge in [-0.1, -0.05) is 51.2 Å². The second kappa shape index (κ2) is 8.80. The van der Waals surface area contributed by atoms with Gasteiger partial charge in [-0.2, -0.15) is 0 Å². The lowest BCUT2D eigenvalue weighted by Gasteiger charge is -2.35. The third-order valence-corrected chi connectivity index (χ3v) is 6.60. The van der Waals surface area contributed by atoms with E-state index < -0.39 is 0 Å². The summed E-state index contributed by atoms with van der Waals surface area (Å²) in [6.07, 6.45) is 9.95. The van der Waals surface area contributed by atoms with Crippen molar-refractivity contribution in [2.75, 3.05) is 18.0 Å². The number of anilines is 1. The van der Waals surface area contributed by atoms with Crippen LogP contribution in [0.5, 0.6) is 0 Å². The number of amides is 1. The largest absolute Gasteiger partial charge is 0.360 e. The number of hydrogen-bond acceptors (Lipinski definition) is 3. The number of nitrogens with one attached hydrogen (secondary N) is 1. The fraction of sp³-hybridized carbons (Fsp3) is 0.650. The number of hydrogen-bond donors (Lipinski definition) is 1. The van der Waals surface area contributed by atoms with Gasteiger partial charge >= 0.3 is 0 Å². The second-order valence-electron chi connectivity index (χ2n) is 7.11. The van der Waals surface area contributed by atoms with E-state index in [9.17, 15) is 4.79 Å². The highest BCUT2D eigenvalue weighted by molar-refractivity contribution is 8.00. The summed E-state index contributed by atoms with van der Waals surface area (Å²) in [5, 5.41) is 3.89. The van der Waals surface area contributed by atoms with E-state index in [1.54, 1.807) is 0 Å². The van der Waals surface area contributed by atoms with E-state index in [1.165, 1.54) is 42.7 Å². The van der Waals surface area contributed by atoms with E-state index in [1.807, 2.05) is 11.8 Å². The van der Waals surface area contributed by atoms with Gasteiger partial charge in [0.25, 0.3) is 0 Å². The number of thioether (sulfide) groups is 1. The molecule has 1 atom stereocenters. The van der Waals surface area contributed by atoms with Gasteiger partial charge in [0.1, 0.15) is 0 Å². The lowest BCUT2D eigenvalue weighted by Crippen LogP contribution is -2.45. The number of para-hydroxylation sites is 1. The van der Waals surface area contributed by atoms with Gasteiger partial charge in [-0.15, -0.1) is 11.8 Å². The molecule has 0 spiro atoms. The predicted octanol–water partition coefficient (Wildman–Crippen LogP) is 4.61. The van der Waals surface area contributed by atoms with Crippen LogP contribution in [0.15, 0.2) is 29.2 Å². The van der Waals surface area contributed by atoms with Crippen LogP contribution in [0.25, 0.3) is 0 Å². The average molecular weight is 347 g/mol. The van der Waals surface area contributed by atoms with Crippen molar-refractivity contribution in [1.29, 1.82) is 0 Å². The lowest BCUT2D eigenvalue weighted by atomic mass is 9.97. The number of carbonyl (C=O) groups is 1. The van der Waals surface area contributed by atoms with Crippen LogP contribution in [0.2, 0.25) is 0 Å². The van der Waals surface area contributed by atoms with Crippen molar-refractivity contribution in [3.8, 4) is 0 Å². The molecule has 132 valence electrons. The normalized spacial score (nSPS) is 22.4. The van der Waals surface area contributed by atoms with Crippen LogP contribution >= 0.6 is 11.8 Å². The molecule has 1 aliphatic heterocycles. The molecule has 1 N–H and O–H groups in total. The second-order valence-corrected chi connectivity index (χ2v) is 8.45. The molecule has 0 bridgehead atoms. The summed E-state index contributed by atoms with van der Waals surface area (Å²) in [5.41, 5.74) is 1.22. The van der Waals surface area contributed by atoms with Crippen molar-refractivity contribution in [3.63, 3.8) is 0 Å². The van der Waals surface area contributed by atoms with Crippen LogP contribution in [0, 0.1) is 0 Å². The SMILES string of the molecule is CCC1CN(CC(=O)NC2CCCCCCC2)c2ccccc2S1. The summed E-state index contributed by atoms with van der Waals surface area (Å²) in [7, 11) is 0. The van der Waals surface area contributed by atoms with E-state index in [4.69, 9.17) is 0 Å². The van der Waals surface area contributed by atoms with Gasteiger partial charge in [0.2, 0.25) is 5.91 Å². The first-order valence-corrected chi connectivity index (χ1v) is 10.4. The number of fused-ring (bicyclic) bond motifs is 1. The van der Waals surface area contributed by atoms with Crippen molar-refractivity contribution in [1.82, 2.24) is 5.32 Å². The summed E-state index contributed by atoms with van der Waals surface area (Å²) in [5.74, 6) is 0.192. The summed E-state index contributed by atoms with van der Waals surface area (Å²) in [6, 6.07) is 8.88. The fourth-order valence-electron chi connectivity index (χ4n) is 3.79. The number of nitrogens with zero attached hydrogens (tertiary/aromatic N) is 1. The van der Waals surface area contributed by atoms with E-state index in [-0.39, 0.29) is 5.91 Å². The zero-order chi connectivity index (χ0) is 16.8. The molecule has 4 heteroatoms. The Morgan fingerprint density at radius 2 is 1.88 bits per heavy atom. The smallest absolute Gasteiger partial charge is 0.239 e. The third kappa shape index (κ3) is 4.69. The van der Waals surface area contributed by atoms with Gasteiger partial charge in [0.15, 0.2) is 0 Å². The maximum absolute atomic E-state index is 12.6. The molecule has 2 aliphatic rings. The molecule has 1 aromatic carbocycles. The molecule has 0 saturated heterocycles. The Balaban J connectivity index is 1.60. The summed E-state index contributed by atoms with van der Waals surface area (Å²) < 4.78 is 0. The molecule has 1 aliphatic carbocycles. The minimum Gasteiger partial charge on any atom is -0.360 e. The Morgan fingerprint density at radius 3 is 2.62 bits per heavy atom. The Labute approximate surface area is 150 Å². The van der Waals surface area contributed by atoms with Crippen LogP contribution in [0.4, 0.5) is 5.69 Å². The van der Waals surface area contributed by atoms with Crippen molar-refractivity contribution >= 4 is 23.4 Å². The first-order chi connectivity index (χ1) is 11.8. The van der Waals surface area contributed by atoms with Gasteiger partial charge in [-0.25, -0.2) is 0 Å². The molecule has 3 nitrogen and oxygen atoms in total. The summed E-state index contributed by atoms with van der Waals surface area (Å²) in [6.45, 7) is 3.69. The van der Waals surface area contributed by atoms with Gasteiger partial charge < -0.3 is 10.2 Å². The van der Waals surface area contributed by atoms with Crippen molar-refractivity contribution in [3.05, 3.63) is 24.3 Å². The van der Waals surface area contributed by atoms with E-state index in [0.29, 0.717) is 17.8 Å². The third-order valence-electron chi connectivity index (χ3n) is 5.18. The molecule has 1 fully saturated rings. The minimum absolute atomic E-state index is 0.192. The fourth-order valence-corrected chi connectivity index (χ4v) is 5.04. The molecule has 24 heavy (non-hydrogen) atoms. The van der Waals surface area contributed by atoms with Crippen molar-refractivity contribution in [2.24, 2.45) is 0 Å². The number of rotatable bonds is 4. The van der Waals surface area contributed by atoms with Crippen molar-refractivity contribution in [2.45, 2.75) is 74.5 Å². The highest BCUT2D eigenvalue weighted by atomic mass is 32.2. The van der Waals surface area contributed by atoms with Crippen LogP contribution < -0.4 is 10.2 Å². The summed E-state index contributed by atoms with van der Waals surface area (Å²) in [4.78, 5) is 16.2. The first-order valence-electron chi connectivity index (χ1n) is 9.56. The van der Waals surface area contributed by atoms with Gasteiger partial charge in [0, 0.05) is 22.7 Å². The molecule has 1 amide bonds. The van der Waals surface area contributed by atoms with Crippen LogP contribution in [0.3, 0.4) is 0 Å². The molecular formula is C20H30N2OS. The minimum atomic E-state index is 0.192. The zero-order valence-electron chi connectivity index (χ0n) is 14.8. The standard InChI is InChI=1S/C20H30N2OS/c1-2-17-14-22(18-12-8-9-13-19(18)24-17)15-20(23)21-16-10-6-4-3-5-7-11-16/h8-9,12-13,16-17H,2-7,10-11,14-15H2,1H3,(H,21,23). The van der Waals surface area contributed by atoms with Crippen LogP contribution in [-0.2, 0) is 4.79 Å². The summed E-state index contributed by atoms with van der Waals surface area (Å²) >= 11 is 1.96. The lowest BCUT2D eigenvalue weighted by molar-refractivity contribution is -0.120. The van der Waals surface area contributed by atoms with Crippen LogP contribution in [-0.4, -0.2) is 30.3 Å². The highest BCUT2D eigenvalue weighted by Crippen LogP contribution is 2.39. The number of carbonyl (C=O) groups excluding carboxylic acids is 1. The molecule has 1 unspecified atom stereocenters. The molecule has 1 aromatic rings. The monoisotopic (exact) mass is 346 g/mol. The average Bonchev–Trinajstić information content (AvgIpc) is 2.57. The Morgan fingerprint density at radius 1 is 1.17 bits per heavy atom. The topological polar surface area (TPSA) is 32.3 Å². The Kier molecular flexibility index (Phi) is 6.47. The Bertz CT molecular complexity index is 540. The number of benzene rings is 1. The quantitative estimate of drug-likeness (QED) is 0.864. The highest BCUT2D eigenvalue weighted by Gasteiger charge is 2.25. The van der Waals surface area contributed by atoms with Gasteiger partial charge in [0.05, 0.1) is 12.2 Å². The first kappa shape index (κ1) is 17.7. The molecule has 1 heterocycles. The molecule has 3 rings (SSSR count). The molecule has 0 radical (unpaired) electrons. The van der Waals surface area contributed by atoms with Crippen LogP contribution in [0.1, 0.15) is 58.3 Å². The predicted molar refractivity (Wildman–Crippen MR) is 103 cm³/mol. The molecule has 0 aromatic heterocycles. The van der Waals surface area contributed by atoms with Gasteiger partial charge in [-0.3, -0.25) is 4.79 Å². The van der Waals surface area contributed by atoms with Gasteiger partial charge in [-0.05, 0) is 31.4 Å². The molecule has 1 saturated carbocycles. The molecular weight excluding hydrogens is 316 g/mol. The maximum atomic E-state index is 12.6. The van der Waals surface area contributed by atoms with Crippen molar-refractivity contribution < 1.29 is 4.79 Å². The van der Waals surface area contributed by atoms with E-state index in [0.717, 1.165) is 25.8 Å².